The van der Waals surface area contributed by atoms with Crippen molar-refractivity contribution in [3.05, 3.63) is 21.2 Å². The first-order valence-electron chi connectivity index (χ1n) is 3.19. The molecular weight excluding hydrogens is 178 g/mol. The Bertz CT molecular complexity index is 377. The van der Waals surface area contributed by atoms with E-state index in [1.165, 1.54) is 13.0 Å². The number of H-pyrrole nitrogens is 2. The van der Waals surface area contributed by atoms with Crippen LogP contribution in [0.1, 0.15) is 6.92 Å². The molecule has 1 rings (SSSR count). The van der Waals surface area contributed by atoms with Crippen molar-refractivity contribution in [1.29, 1.82) is 0 Å². The average molecular weight is 185 g/mol. The summed E-state index contributed by atoms with van der Waals surface area (Å²) in [5, 5.41) is 2.41. The first-order valence-corrected chi connectivity index (χ1v) is 3.60. The number of carbonyl (C=O) groups excluding carboxylic acids is 1. The number of hydrogen-bond acceptors (Lipinski definition) is 3. The van der Waals surface area contributed by atoms with Crippen molar-refractivity contribution in [3.63, 3.8) is 0 Å². The number of aromatic amines is 2. The molecule has 0 spiro atoms. The van der Waals surface area contributed by atoms with Gasteiger partial charge in [0.15, 0.2) is 4.77 Å². The molecule has 0 aliphatic carbocycles. The number of anilines is 1. The Hall–Kier alpha value is -1.43. The number of rotatable bonds is 1. The molecule has 0 fully saturated rings. The minimum Gasteiger partial charge on any atom is -0.318 e. The second kappa shape index (κ2) is 3.31. The standard InChI is InChI=1S/C6H7N3O2S/c1-3(10)7-4-2-5(11)9-6(12)8-4/h2H,1H3,(H3,7,8,9,10,11,12). The first kappa shape index (κ1) is 8.66. The lowest BCUT2D eigenvalue weighted by Gasteiger charge is -1.99. The van der Waals surface area contributed by atoms with Crippen molar-refractivity contribution < 1.29 is 4.79 Å². The molecule has 0 bridgehead atoms. The van der Waals surface area contributed by atoms with Crippen molar-refractivity contribution in [2.45, 2.75) is 6.92 Å². The van der Waals surface area contributed by atoms with Crippen LogP contribution in [-0.2, 0) is 4.79 Å². The van der Waals surface area contributed by atoms with Gasteiger partial charge < -0.3 is 10.3 Å². The van der Waals surface area contributed by atoms with Gasteiger partial charge in [0.1, 0.15) is 5.82 Å². The summed E-state index contributed by atoms with van der Waals surface area (Å²) in [5.74, 6) is 0.0440. The summed E-state index contributed by atoms with van der Waals surface area (Å²) in [6.07, 6.45) is 0. The van der Waals surface area contributed by atoms with Gasteiger partial charge in [0.05, 0.1) is 0 Å². The van der Waals surface area contributed by atoms with Crippen LogP contribution in [0.25, 0.3) is 0 Å². The van der Waals surface area contributed by atoms with Crippen LogP contribution in [0.3, 0.4) is 0 Å². The van der Waals surface area contributed by atoms with Gasteiger partial charge in [-0.1, -0.05) is 0 Å². The molecule has 1 heterocycles. The zero-order valence-corrected chi connectivity index (χ0v) is 7.12. The second-order valence-electron chi connectivity index (χ2n) is 2.18. The summed E-state index contributed by atoms with van der Waals surface area (Å²) >= 11 is 4.68. The SMILES string of the molecule is CC(=O)Nc1cc(=O)[nH]c(=S)[nH]1. The molecule has 0 aliphatic heterocycles. The van der Waals surface area contributed by atoms with Gasteiger partial charge in [-0.2, -0.15) is 0 Å². The monoisotopic (exact) mass is 185 g/mol. The highest BCUT2D eigenvalue weighted by Gasteiger charge is 1.95. The van der Waals surface area contributed by atoms with Crippen LogP contribution in [0.15, 0.2) is 10.9 Å². The van der Waals surface area contributed by atoms with Crippen molar-refractivity contribution in [2.75, 3.05) is 5.32 Å². The summed E-state index contributed by atoms with van der Waals surface area (Å²) in [7, 11) is 0. The van der Waals surface area contributed by atoms with Crippen molar-refractivity contribution in [1.82, 2.24) is 9.97 Å². The van der Waals surface area contributed by atoms with Gasteiger partial charge in [0, 0.05) is 13.0 Å². The molecule has 0 unspecified atom stereocenters. The lowest BCUT2D eigenvalue weighted by Crippen LogP contribution is -2.13. The predicted molar refractivity (Wildman–Crippen MR) is 46.6 cm³/mol. The summed E-state index contributed by atoms with van der Waals surface area (Å²) in [6.45, 7) is 1.35. The van der Waals surface area contributed by atoms with E-state index in [2.05, 4.69) is 27.5 Å². The normalized spacial score (nSPS) is 9.42. The minimum absolute atomic E-state index is 0.186. The second-order valence-corrected chi connectivity index (χ2v) is 2.59. The molecule has 1 amide bonds. The van der Waals surface area contributed by atoms with Gasteiger partial charge in [0.2, 0.25) is 5.91 Å². The Morgan fingerprint density at radius 1 is 1.58 bits per heavy atom. The molecule has 0 atom stereocenters. The fourth-order valence-electron chi connectivity index (χ4n) is 0.726. The highest BCUT2D eigenvalue weighted by Crippen LogP contribution is 1.94. The fourth-order valence-corrected chi connectivity index (χ4v) is 0.936. The fraction of sp³-hybridized carbons (Fsp3) is 0.167. The molecule has 64 valence electrons. The zero-order valence-electron chi connectivity index (χ0n) is 6.30. The van der Waals surface area contributed by atoms with Crippen LogP contribution < -0.4 is 10.9 Å². The quantitative estimate of drug-likeness (QED) is 0.554. The number of hydrogen-bond donors (Lipinski definition) is 3. The zero-order chi connectivity index (χ0) is 9.14. The molecule has 0 aliphatic rings. The number of nitrogens with one attached hydrogen (secondary N) is 3. The van der Waals surface area contributed by atoms with Crippen LogP contribution >= 0.6 is 12.2 Å². The maximum atomic E-state index is 10.8. The molecule has 6 heteroatoms. The van der Waals surface area contributed by atoms with Crippen LogP contribution in [0, 0.1) is 4.77 Å². The van der Waals surface area contributed by atoms with Crippen molar-refractivity contribution in [2.24, 2.45) is 0 Å². The van der Waals surface area contributed by atoms with E-state index in [0.29, 0.717) is 5.82 Å². The molecule has 3 N–H and O–H groups in total. The maximum Gasteiger partial charge on any atom is 0.253 e. The largest absolute Gasteiger partial charge is 0.318 e. The smallest absolute Gasteiger partial charge is 0.253 e. The number of amides is 1. The first-order chi connectivity index (χ1) is 5.58. The van der Waals surface area contributed by atoms with Gasteiger partial charge >= 0.3 is 0 Å². The van der Waals surface area contributed by atoms with E-state index in [1.807, 2.05) is 0 Å². The van der Waals surface area contributed by atoms with Crippen LogP contribution in [0.4, 0.5) is 5.82 Å². The molecule has 0 saturated heterocycles. The maximum absolute atomic E-state index is 10.8. The Morgan fingerprint density at radius 2 is 2.25 bits per heavy atom. The third-order valence-electron chi connectivity index (χ3n) is 1.07. The molecule has 1 aromatic rings. The van der Waals surface area contributed by atoms with Crippen molar-refractivity contribution in [3.8, 4) is 0 Å². The number of aromatic nitrogens is 2. The van der Waals surface area contributed by atoms with E-state index in [9.17, 15) is 9.59 Å². The third-order valence-corrected chi connectivity index (χ3v) is 1.28. The minimum atomic E-state index is -0.345. The lowest BCUT2D eigenvalue weighted by molar-refractivity contribution is -0.114. The van der Waals surface area contributed by atoms with E-state index < -0.39 is 0 Å². The predicted octanol–water partition coefficient (Wildman–Crippen LogP) is 0.391. The lowest BCUT2D eigenvalue weighted by atomic mass is 10.5. The summed E-state index contributed by atoms with van der Waals surface area (Å²) in [4.78, 5) is 26.3. The number of carbonyl (C=O) groups is 1. The third kappa shape index (κ3) is 2.31. The summed E-state index contributed by atoms with van der Waals surface area (Å²) < 4.78 is 0.186. The average Bonchev–Trinajstić information content (AvgIpc) is 1.81. The highest BCUT2D eigenvalue weighted by atomic mass is 32.1. The summed E-state index contributed by atoms with van der Waals surface area (Å²) in [5.41, 5.74) is -0.345. The van der Waals surface area contributed by atoms with E-state index in [0.717, 1.165) is 0 Å². The molecule has 0 aromatic carbocycles. The van der Waals surface area contributed by atoms with Gasteiger partial charge in [0.25, 0.3) is 5.56 Å². The van der Waals surface area contributed by atoms with E-state index >= 15 is 0 Å². The Balaban J connectivity index is 3.09. The van der Waals surface area contributed by atoms with Gasteiger partial charge in [-0.3, -0.25) is 14.6 Å². The Labute approximate surface area is 72.8 Å². The highest BCUT2D eigenvalue weighted by molar-refractivity contribution is 7.71. The van der Waals surface area contributed by atoms with E-state index in [-0.39, 0.29) is 16.2 Å². The summed E-state index contributed by atoms with van der Waals surface area (Å²) in [6, 6.07) is 1.22. The molecule has 1 aromatic heterocycles. The molecular formula is C6H7N3O2S. The van der Waals surface area contributed by atoms with E-state index in [1.54, 1.807) is 0 Å². The topological polar surface area (TPSA) is 77.8 Å². The Kier molecular flexibility index (Phi) is 2.39. The van der Waals surface area contributed by atoms with Gasteiger partial charge in [-0.25, -0.2) is 0 Å². The Morgan fingerprint density at radius 3 is 2.75 bits per heavy atom. The van der Waals surface area contributed by atoms with E-state index in [4.69, 9.17) is 0 Å². The molecule has 12 heavy (non-hydrogen) atoms. The molecule has 5 nitrogen and oxygen atoms in total. The van der Waals surface area contributed by atoms with Crippen LogP contribution in [0.2, 0.25) is 0 Å². The van der Waals surface area contributed by atoms with Crippen molar-refractivity contribution >= 4 is 23.9 Å². The van der Waals surface area contributed by atoms with Crippen LogP contribution in [0.5, 0.6) is 0 Å². The molecule has 0 saturated carbocycles. The molecule has 0 radical (unpaired) electrons. The van der Waals surface area contributed by atoms with Gasteiger partial charge in [-0.15, -0.1) is 0 Å². The van der Waals surface area contributed by atoms with Gasteiger partial charge in [-0.05, 0) is 12.2 Å². The van der Waals surface area contributed by atoms with Crippen LogP contribution in [-0.4, -0.2) is 15.9 Å².